The minimum Gasteiger partial charge on any atom is -0.339 e. The molecule has 1 aromatic rings. The molecule has 6 nitrogen and oxygen atoms in total. The Morgan fingerprint density at radius 3 is 2.25 bits per heavy atom. The van der Waals surface area contributed by atoms with Crippen molar-refractivity contribution in [3.8, 4) is 0 Å². The Hall–Kier alpha value is -0.990. The maximum atomic E-state index is 11.4. The molecule has 0 heterocycles. The van der Waals surface area contributed by atoms with Crippen LogP contribution < -0.4 is 21.3 Å². The molecule has 0 saturated carbocycles. The number of benzene rings is 1. The fourth-order valence-corrected chi connectivity index (χ4v) is 2.22. The summed E-state index contributed by atoms with van der Waals surface area (Å²) in [6.45, 7) is 1.40. The molecule has 0 radical (unpaired) electrons. The van der Waals surface area contributed by atoms with Gasteiger partial charge in [0.15, 0.2) is 5.11 Å². The van der Waals surface area contributed by atoms with Gasteiger partial charge in [0.05, 0.1) is 0 Å². The van der Waals surface area contributed by atoms with Gasteiger partial charge in [0, 0.05) is 18.3 Å². The van der Waals surface area contributed by atoms with E-state index in [1.54, 1.807) is 24.3 Å². The van der Waals surface area contributed by atoms with Gasteiger partial charge in [-0.3, -0.25) is 9.59 Å². The highest BCUT2D eigenvalue weighted by molar-refractivity contribution is 7.80. The minimum atomic E-state index is -1.86. The molecule has 0 aliphatic rings. The molecule has 1 unspecified atom stereocenters. The van der Waals surface area contributed by atoms with E-state index < -0.39 is 15.9 Å². The highest BCUT2D eigenvalue weighted by Gasteiger charge is 2.34. The molecule has 0 saturated heterocycles. The Morgan fingerprint density at radius 1 is 1.17 bits per heavy atom. The van der Waals surface area contributed by atoms with Crippen molar-refractivity contribution in [2.45, 2.75) is 16.9 Å². The Morgan fingerprint density at radius 2 is 1.75 bits per heavy atom. The third kappa shape index (κ3) is 7.72. The average Bonchev–Trinajstić information content (AvgIpc) is 2.44. The highest BCUT2D eigenvalue weighted by atomic mass is 35.6. The molecule has 0 aliphatic carbocycles. The summed E-state index contributed by atoms with van der Waals surface area (Å²) in [5, 5.41) is 10.7. The molecule has 0 aliphatic heterocycles. The number of amides is 2. The summed E-state index contributed by atoms with van der Waals surface area (Å²) in [4.78, 5) is 22.5. The van der Waals surface area contributed by atoms with Crippen LogP contribution in [0.15, 0.2) is 24.3 Å². The Bertz CT molecular complexity index is 624. The molecule has 0 spiro atoms. The van der Waals surface area contributed by atoms with E-state index in [9.17, 15) is 9.59 Å². The number of thiocarbonyl (C=S) groups is 1. The monoisotopic (exact) mass is 430 g/mol. The van der Waals surface area contributed by atoms with E-state index in [-0.39, 0.29) is 16.9 Å². The highest BCUT2D eigenvalue weighted by Crippen LogP contribution is 2.29. The lowest BCUT2D eigenvalue weighted by Crippen LogP contribution is -2.56. The Labute approximate surface area is 164 Å². The molecule has 1 atom stereocenters. The third-order valence-corrected chi connectivity index (χ3v) is 3.59. The Kier molecular flexibility index (Phi) is 8.32. The van der Waals surface area contributed by atoms with E-state index >= 15 is 0 Å². The minimum absolute atomic E-state index is 0.0983. The fraction of sp³-hybridized carbons (Fsp3) is 0.308. The van der Waals surface area contributed by atoms with Crippen molar-refractivity contribution in [3.63, 3.8) is 0 Å². The van der Waals surface area contributed by atoms with Gasteiger partial charge in [-0.25, -0.2) is 0 Å². The maximum absolute atomic E-state index is 11.4. The zero-order valence-corrected chi connectivity index (χ0v) is 16.2. The molecule has 1 aromatic carbocycles. The summed E-state index contributed by atoms with van der Waals surface area (Å²) in [6, 6.07) is 6.82. The summed E-state index contributed by atoms with van der Waals surface area (Å²) >= 11 is 28.0. The van der Waals surface area contributed by atoms with Gasteiger partial charge in [0.25, 0.3) is 0 Å². The fourth-order valence-electron chi connectivity index (χ4n) is 1.58. The van der Waals surface area contributed by atoms with Crippen molar-refractivity contribution in [3.05, 3.63) is 24.3 Å². The van der Waals surface area contributed by atoms with Crippen LogP contribution in [-0.4, -0.2) is 32.8 Å². The maximum Gasteiger partial charge on any atom is 0.236 e. The quantitative estimate of drug-likeness (QED) is 0.327. The van der Waals surface area contributed by atoms with Crippen molar-refractivity contribution in [2.24, 2.45) is 0 Å². The molecule has 4 N–H and O–H groups in total. The van der Waals surface area contributed by atoms with E-state index in [1.807, 2.05) is 0 Å². The molecule has 1 rings (SSSR count). The van der Waals surface area contributed by atoms with E-state index in [0.29, 0.717) is 11.4 Å². The lowest BCUT2D eigenvalue weighted by atomic mass is 10.3. The zero-order chi connectivity index (χ0) is 18.3. The van der Waals surface area contributed by atoms with Crippen molar-refractivity contribution in [2.75, 3.05) is 16.5 Å². The molecule has 132 valence electrons. The summed E-state index contributed by atoms with van der Waals surface area (Å²) in [5.74, 6) is -1.03. The topological polar surface area (TPSA) is 82.3 Å². The van der Waals surface area contributed by atoms with Gasteiger partial charge in [-0.1, -0.05) is 40.9 Å². The molecule has 11 heteroatoms. The van der Waals surface area contributed by atoms with Gasteiger partial charge in [0.1, 0.15) is 12.0 Å². The number of anilines is 2. The summed E-state index contributed by atoms with van der Waals surface area (Å²) in [6.07, 6.45) is -1.09. The van der Waals surface area contributed by atoms with Crippen LogP contribution in [0.3, 0.4) is 0 Å². The summed E-state index contributed by atoms with van der Waals surface area (Å²) in [5.41, 5.74) is 1.18. The first kappa shape index (κ1) is 21.1. The number of alkyl halides is 4. The molecule has 0 aromatic heterocycles. The number of nitrogens with one attached hydrogen (secondary N) is 4. The number of carbonyl (C=O) groups excluding carboxylic acids is 2. The average molecular weight is 432 g/mol. The van der Waals surface area contributed by atoms with Crippen molar-refractivity contribution in [1.29, 1.82) is 0 Å². The van der Waals surface area contributed by atoms with Gasteiger partial charge < -0.3 is 21.3 Å². The first-order chi connectivity index (χ1) is 11.1. The van der Waals surface area contributed by atoms with Crippen LogP contribution in [0.2, 0.25) is 0 Å². The third-order valence-electron chi connectivity index (χ3n) is 2.47. The summed E-state index contributed by atoms with van der Waals surface area (Å²) in [7, 11) is 0. The lowest BCUT2D eigenvalue weighted by Gasteiger charge is -2.27. The lowest BCUT2D eigenvalue weighted by molar-refractivity contribution is -0.119. The number of rotatable bonds is 5. The van der Waals surface area contributed by atoms with Gasteiger partial charge in [-0.15, -0.1) is 11.6 Å². The van der Waals surface area contributed by atoms with E-state index in [1.165, 1.54) is 6.92 Å². The molecular weight excluding hydrogens is 418 g/mol. The first-order valence-electron chi connectivity index (χ1n) is 6.49. The number of carbonyl (C=O) groups is 2. The second-order valence-corrected chi connectivity index (χ2v) is 7.58. The van der Waals surface area contributed by atoms with Crippen LogP contribution in [0.1, 0.15) is 6.92 Å². The summed E-state index contributed by atoms with van der Waals surface area (Å²) < 4.78 is -1.86. The van der Waals surface area contributed by atoms with Crippen LogP contribution in [0.25, 0.3) is 0 Å². The van der Waals surface area contributed by atoms with E-state index in [0.717, 1.165) is 0 Å². The number of hydrogen-bond acceptors (Lipinski definition) is 3. The van der Waals surface area contributed by atoms with Gasteiger partial charge >= 0.3 is 0 Å². The van der Waals surface area contributed by atoms with E-state index in [2.05, 4.69) is 21.3 Å². The van der Waals surface area contributed by atoms with Crippen LogP contribution in [0, 0.1) is 0 Å². The predicted octanol–water partition coefficient (Wildman–Crippen LogP) is 2.98. The normalized spacial score (nSPS) is 12.0. The standard InChI is InChI=1S/C13H14Cl4N4O2S/c1-7(22)18-8-3-2-4-9(5-8)19-12(24)21-11(13(15,16)17)20-10(23)6-14/h2-5,11H,6H2,1H3,(H,18,22)(H,20,23)(H2,19,21,24). The van der Waals surface area contributed by atoms with Crippen molar-refractivity contribution in [1.82, 2.24) is 10.6 Å². The molecule has 0 fully saturated rings. The second kappa shape index (κ2) is 9.48. The largest absolute Gasteiger partial charge is 0.339 e. The number of halogens is 4. The van der Waals surface area contributed by atoms with Crippen LogP contribution in [-0.2, 0) is 9.59 Å². The number of hydrogen-bond donors (Lipinski definition) is 4. The molecule has 0 bridgehead atoms. The van der Waals surface area contributed by atoms with Crippen LogP contribution in [0.4, 0.5) is 11.4 Å². The zero-order valence-electron chi connectivity index (χ0n) is 12.3. The molecule has 2 amide bonds. The first-order valence-corrected chi connectivity index (χ1v) is 8.56. The van der Waals surface area contributed by atoms with Crippen molar-refractivity contribution >= 4 is 86.9 Å². The molecular formula is C13H14Cl4N4O2S. The van der Waals surface area contributed by atoms with Crippen molar-refractivity contribution < 1.29 is 9.59 Å². The second-order valence-electron chi connectivity index (χ2n) is 4.54. The molecule has 24 heavy (non-hydrogen) atoms. The van der Waals surface area contributed by atoms with E-state index in [4.69, 9.17) is 58.6 Å². The Balaban J connectivity index is 2.75. The van der Waals surface area contributed by atoms with Gasteiger partial charge in [-0.2, -0.15) is 0 Å². The smallest absolute Gasteiger partial charge is 0.236 e. The SMILES string of the molecule is CC(=O)Nc1cccc(NC(=S)NC(NC(=O)CCl)C(Cl)(Cl)Cl)c1. The van der Waals surface area contributed by atoms with Crippen LogP contribution >= 0.6 is 58.6 Å². The van der Waals surface area contributed by atoms with Gasteiger partial charge in [-0.05, 0) is 30.4 Å². The van der Waals surface area contributed by atoms with Gasteiger partial charge in [0.2, 0.25) is 15.6 Å². The van der Waals surface area contributed by atoms with Crippen LogP contribution in [0.5, 0.6) is 0 Å². The predicted molar refractivity (Wildman–Crippen MR) is 103 cm³/mol.